The minimum atomic E-state index is -0.456. The molecule has 0 radical (unpaired) electrons. The van der Waals surface area contributed by atoms with E-state index in [0.717, 1.165) is 11.0 Å². The van der Waals surface area contributed by atoms with Crippen molar-refractivity contribution in [2.45, 2.75) is 17.8 Å². The Morgan fingerprint density at radius 2 is 1.49 bits per heavy atom. The van der Waals surface area contributed by atoms with Crippen LogP contribution in [0.1, 0.15) is 38.6 Å². The van der Waals surface area contributed by atoms with Crippen LogP contribution in [0.25, 0.3) is 22.1 Å². The van der Waals surface area contributed by atoms with Crippen LogP contribution in [0.2, 0.25) is 0 Å². The first-order chi connectivity index (χ1) is 18.9. The Bertz CT molecular complexity index is 1660. The Morgan fingerprint density at radius 1 is 0.923 bits per heavy atom. The van der Waals surface area contributed by atoms with Crippen molar-refractivity contribution < 1.29 is 28.5 Å². The molecule has 12 nitrogen and oxygen atoms in total. The number of aromatic nitrogens is 4. The van der Waals surface area contributed by atoms with Crippen LogP contribution in [0.4, 0.5) is 11.9 Å². The summed E-state index contributed by atoms with van der Waals surface area (Å²) in [6.07, 6.45) is 4.87. The average Bonchev–Trinajstić information content (AvgIpc) is 3.47. The van der Waals surface area contributed by atoms with E-state index in [-0.39, 0.29) is 11.4 Å². The maximum absolute atomic E-state index is 12.0. The van der Waals surface area contributed by atoms with Crippen LogP contribution >= 0.6 is 11.8 Å². The van der Waals surface area contributed by atoms with Gasteiger partial charge in [0, 0.05) is 5.75 Å². The summed E-state index contributed by atoms with van der Waals surface area (Å²) in [5.74, 6) is 1.66. The third-order valence-electron chi connectivity index (χ3n) is 6.82. The van der Waals surface area contributed by atoms with Crippen molar-refractivity contribution in [1.29, 1.82) is 0 Å². The van der Waals surface area contributed by atoms with E-state index >= 15 is 0 Å². The normalized spacial score (nSPS) is 17.8. The molecule has 2 aliphatic heterocycles. The number of nitrogens with zero attached hydrogens (tertiary/aromatic N) is 4. The zero-order valence-electron chi connectivity index (χ0n) is 21.2. The Kier molecular flexibility index (Phi) is 6.22. The maximum Gasteiger partial charge on any atom is 0.338 e. The predicted octanol–water partition coefficient (Wildman–Crippen LogP) is 3.33. The Hall–Kier alpha value is -4.39. The molecule has 0 bridgehead atoms. The number of carbonyl (C=O) groups is 2. The van der Waals surface area contributed by atoms with Crippen LogP contribution in [0.3, 0.4) is 0 Å². The van der Waals surface area contributed by atoms with E-state index in [9.17, 15) is 9.59 Å². The predicted molar refractivity (Wildman–Crippen MR) is 146 cm³/mol. The molecule has 4 heterocycles. The number of hydrogen-bond acceptors (Lipinski definition) is 11. The molecule has 4 N–H and O–H groups in total. The summed E-state index contributed by atoms with van der Waals surface area (Å²) in [6, 6.07) is 6.60. The third kappa shape index (κ3) is 4.18. The fourth-order valence-electron chi connectivity index (χ4n) is 5.06. The zero-order valence-corrected chi connectivity index (χ0v) is 22.1. The van der Waals surface area contributed by atoms with Gasteiger partial charge in [-0.2, -0.15) is 0 Å². The van der Waals surface area contributed by atoms with E-state index < -0.39 is 11.9 Å². The van der Waals surface area contributed by atoms with Gasteiger partial charge in [-0.1, -0.05) is 12.2 Å². The van der Waals surface area contributed by atoms with Gasteiger partial charge in [-0.3, -0.25) is 4.57 Å². The lowest BCUT2D eigenvalue weighted by molar-refractivity contribution is 0.0591. The number of esters is 2. The number of methoxy groups -OCH3 is 2. The quantitative estimate of drug-likeness (QED) is 0.257. The van der Waals surface area contributed by atoms with Gasteiger partial charge in [-0.15, -0.1) is 11.8 Å². The average molecular weight is 551 g/mol. The van der Waals surface area contributed by atoms with Crippen molar-refractivity contribution >= 4 is 57.7 Å². The van der Waals surface area contributed by atoms with Crippen LogP contribution in [-0.4, -0.2) is 64.2 Å². The van der Waals surface area contributed by atoms with E-state index in [2.05, 4.69) is 22.1 Å². The fourth-order valence-corrected chi connectivity index (χ4v) is 6.05. The first-order valence-corrected chi connectivity index (χ1v) is 13.3. The van der Waals surface area contributed by atoms with Gasteiger partial charge in [0.15, 0.2) is 0 Å². The number of carbonyl (C=O) groups excluding carboxylic acids is 2. The van der Waals surface area contributed by atoms with Crippen LogP contribution in [-0.2, 0) is 9.47 Å². The SMILES string of the molecule is COC(=O)c1cc2c3c(c1)nc(N)n3[C@@H](C/C=C/CS[C@H]1COc3cc(C(=O)OC)cc4nc(N)n1c34)CO2. The van der Waals surface area contributed by atoms with Gasteiger partial charge in [0.2, 0.25) is 11.9 Å². The molecule has 2 aromatic carbocycles. The van der Waals surface area contributed by atoms with Gasteiger partial charge in [-0.25, -0.2) is 19.6 Å². The monoisotopic (exact) mass is 550 g/mol. The van der Waals surface area contributed by atoms with Crippen molar-refractivity contribution in [3.05, 3.63) is 47.5 Å². The topological polar surface area (TPSA) is 159 Å². The molecule has 39 heavy (non-hydrogen) atoms. The molecule has 2 aromatic heterocycles. The molecular formula is C26H26N6O6S. The van der Waals surface area contributed by atoms with E-state index in [4.69, 9.17) is 30.4 Å². The van der Waals surface area contributed by atoms with Crippen LogP contribution in [0, 0.1) is 0 Å². The van der Waals surface area contributed by atoms with Crippen LogP contribution in [0.15, 0.2) is 36.4 Å². The number of benzene rings is 2. The lowest BCUT2D eigenvalue weighted by atomic mass is 10.1. The van der Waals surface area contributed by atoms with Crippen molar-refractivity contribution in [2.75, 3.05) is 44.7 Å². The smallest absolute Gasteiger partial charge is 0.338 e. The van der Waals surface area contributed by atoms with E-state index in [1.807, 2.05) is 9.13 Å². The second kappa shape index (κ2) is 9.73. The van der Waals surface area contributed by atoms with Crippen molar-refractivity contribution in [1.82, 2.24) is 19.1 Å². The summed E-state index contributed by atoms with van der Waals surface area (Å²) < 4.78 is 25.5. The standard InChI is InChI=1S/C26H26N6O6S/c1-35-23(33)13-7-16-21-18(9-13)37-11-15(31(21)25(27)29-16)5-3-4-6-39-20-12-38-19-10-14(24(34)36-2)8-17-22(19)32(20)26(28)30-17/h3-4,7-10,15,20H,5-6,11-12H2,1-2H3,(H2,27,29)(H2,28,30)/b4-3+/t15-,20-/m0/s1. The second-order valence-electron chi connectivity index (χ2n) is 9.12. The number of imidazole rings is 2. The minimum absolute atomic E-state index is 0.0365. The Balaban J connectivity index is 1.14. The summed E-state index contributed by atoms with van der Waals surface area (Å²) in [6.45, 7) is 0.783. The highest BCUT2D eigenvalue weighted by molar-refractivity contribution is 7.99. The molecule has 0 spiro atoms. The summed E-state index contributed by atoms with van der Waals surface area (Å²) >= 11 is 1.67. The molecular weight excluding hydrogens is 524 g/mol. The number of anilines is 2. The zero-order chi connectivity index (χ0) is 27.3. The number of thioether (sulfide) groups is 1. The molecule has 0 amide bonds. The number of rotatable bonds is 7. The molecule has 4 aromatic rings. The fraction of sp³-hybridized carbons (Fsp3) is 0.308. The van der Waals surface area contributed by atoms with Crippen LogP contribution in [0.5, 0.6) is 11.5 Å². The van der Waals surface area contributed by atoms with E-state index in [0.29, 0.717) is 70.9 Å². The molecule has 202 valence electrons. The summed E-state index contributed by atoms with van der Waals surface area (Å²) in [7, 11) is 2.67. The van der Waals surface area contributed by atoms with Gasteiger partial charge in [0.1, 0.15) is 41.1 Å². The van der Waals surface area contributed by atoms with E-state index in [1.165, 1.54) is 14.2 Å². The third-order valence-corrected chi connectivity index (χ3v) is 7.94. The largest absolute Gasteiger partial charge is 0.489 e. The summed E-state index contributed by atoms with van der Waals surface area (Å²) in [4.78, 5) is 32.9. The number of ether oxygens (including phenoxy) is 4. The summed E-state index contributed by atoms with van der Waals surface area (Å²) in [5, 5.41) is -0.0751. The maximum atomic E-state index is 12.0. The molecule has 2 atom stereocenters. The molecule has 0 saturated heterocycles. The van der Waals surface area contributed by atoms with Gasteiger partial charge in [-0.05, 0) is 30.7 Å². The highest BCUT2D eigenvalue weighted by atomic mass is 32.2. The number of hydrogen-bond donors (Lipinski definition) is 2. The van der Waals surface area contributed by atoms with Crippen molar-refractivity contribution in [3.8, 4) is 11.5 Å². The molecule has 0 saturated carbocycles. The molecule has 0 unspecified atom stereocenters. The minimum Gasteiger partial charge on any atom is -0.489 e. The molecule has 13 heteroatoms. The first-order valence-electron chi connectivity index (χ1n) is 12.2. The highest BCUT2D eigenvalue weighted by Crippen LogP contribution is 2.41. The van der Waals surface area contributed by atoms with Gasteiger partial charge in [0.25, 0.3) is 0 Å². The van der Waals surface area contributed by atoms with Gasteiger partial charge in [0.05, 0.1) is 42.4 Å². The second-order valence-corrected chi connectivity index (χ2v) is 10.3. The molecule has 6 rings (SSSR count). The van der Waals surface area contributed by atoms with Crippen molar-refractivity contribution in [2.24, 2.45) is 0 Å². The first kappa shape index (κ1) is 24.9. The molecule has 0 aliphatic carbocycles. The number of allylic oxidation sites excluding steroid dienone is 1. The Morgan fingerprint density at radius 3 is 2.10 bits per heavy atom. The molecule has 2 aliphatic rings. The highest BCUT2D eigenvalue weighted by Gasteiger charge is 2.29. The van der Waals surface area contributed by atoms with Crippen molar-refractivity contribution in [3.63, 3.8) is 0 Å². The lowest BCUT2D eigenvalue weighted by Gasteiger charge is -2.26. The van der Waals surface area contributed by atoms with Gasteiger partial charge >= 0.3 is 11.9 Å². The number of nitrogen functional groups attached to an aromatic ring is 2. The van der Waals surface area contributed by atoms with Crippen LogP contribution < -0.4 is 20.9 Å². The Labute approximate surface area is 226 Å². The van der Waals surface area contributed by atoms with E-state index in [1.54, 1.807) is 36.0 Å². The van der Waals surface area contributed by atoms with Gasteiger partial charge < -0.3 is 35.0 Å². The summed E-state index contributed by atoms with van der Waals surface area (Å²) in [5.41, 5.74) is 15.9. The lowest BCUT2D eigenvalue weighted by Crippen LogP contribution is -2.23. The molecule has 0 fully saturated rings. The number of nitrogens with two attached hydrogens (primary N) is 2.